The Balaban J connectivity index is 2.01. The Morgan fingerprint density at radius 2 is 1.95 bits per heavy atom. The van der Waals surface area contributed by atoms with Gasteiger partial charge in [0.1, 0.15) is 5.76 Å². The van der Waals surface area contributed by atoms with Crippen LogP contribution in [0.2, 0.25) is 0 Å². The van der Waals surface area contributed by atoms with Gasteiger partial charge in [0.05, 0.1) is 5.75 Å². The fourth-order valence-corrected chi connectivity index (χ4v) is 2.71. The molecule has 1 N–H and O–H groups in total. The van der Waals surface area contributed by atoms with Gasteiger partial charge in [-0.05, 0) is 36.6 Å². The van der Waals surface area contributed by atoms with Crippen molar-refractivity contribution in [3.63, 3.8) is 0 Å². The van der Waals surface area contributed by atoms with E-state index >= 15 is 0 Å². The molecule has 3 nitrogen and oxygen atoms in total. The van der Waals surface area contributed by atoms with Gasteiger partial charge in [-0.2, -0.15) is 0 Å². The monoisotopic (exact) mass is 290 g/mol. The highest BCUT2D eigenvalue weighted by Crippen LogP contribution is 2.26. The predicted molar refractivity (Wildman–Crippen MR) is 80.5 cm³/mol. The smallest absolute Gasteiger partial charge is 0.372 e. The standard InChI is InChI=1S/C16H18O3S/c1-10(2)12-4-6-14(7-5-12)20-9-13-8-11(3)15(19-13)16(17)18/h4-8,10H,9H2,1-3H3,(H,17,18). The van der Waals surface area contributed by atoms with Crippen molar-refractivity contribution in [3.05, 3.63) is 53.0 Å². The van der Waals surface area contributed by atoms with Gasteiger partial charge in [0.25, 0.3) is 0 Å². The largest absolute Gasteiger partial charge is 0.475 e. The third kappa shape index (κ3) is 3.45. The zero-order chi connectivity index (χ0) is 14.7. The van der Waals surface area contributed by atoms with Crippen molar-refractivity contribution < 1.29 is 14.3 Å². The highest BCUT2D eigenvalue weighted by Gasteiger charge is 2.14. The summed E-state index contributed by atoms with van der Waals surface area (Å²) in [6.07, 6.45) is 0. The first-order valence-corrected chi connectivity index (χ1v) is 7.51. The molecule has 0 aliphatic carbocycles. The Morgan fingerprint density at radius 3 is 2.45 bits per heavy atom. The molecule has 20 heavy (non-hydrogen) atoms. The molecule has 0 amide bonds. The summed E-state index contributed by atoms with van der Waals surface area (Å²) >= 11 is 1.64. The van der Waals surface area contributed by atoms with Crippen molar-refractivity contribution in [2.24, 2.45) is 0 Å². The number of hydrogen-bond acceptors (Lipinski definition) is 3. The van der Waals surface area contributed by atoms with E-state index in [1.54, 1.807) is 24.8 Å². The average Bonchev–Trinajstić information content (AvgIpc) is 2.78. The van der Waals surface area contributed by atoms with E-state index in [4.69, 9.17) is 9.52 Å². The second-order valence-electron chi connectivity index (χ2n) is 5.04. The molecule has 0 saturated heterocycles. The van der Waals surface area contributed by atoms with E-state index in [9.17, 15) is 4.79 Å². The molecule has 2 rings (SSSR count). The maximum absolute atomic E-state index is 10.9. The summed E-state index contributed by atoms with van der Waals surface area (Å²) in [5.74, 6) is 0.878. The first-order valence-electron chi connectivity index (χ1n) is 6.52. The molecule has 0 radical (unpaired) electrons. The van der Waals surface area contributed by atoms with Gasteiger partial charge >= 0.3 is 5.97 Å². The van der Waals surface area contributed by atoms with Crippen LogP contribution in [-0.4, -0.2) is 11.1 Å². The highest BCUT2D eigenvalue weighted by molar-refractivity contribution is 7.98. The maximum Gasteiger partial charge on any atom is 0.372 e. The van der Waals surface area contributed by atoms with Gasteiger partial charge in [0.15, 0.2) is 0 Å². The minimum absolute atomic E-state index is 0.0377. The van der Waals surface area contributed by atoms with Crippen LogP contribution in [0.1, 0.15) is 47.2 Å². The number of benzene rings is 1. The molecule has 2 aromatic rings. The second kappa shape index (κ2) is 6.18. The molecule has 0 bridgehead atoms. The van der Waals surface area contributed by atoms with Gasteiger partial charge in [-0.3, -0.25) is 0 Å². The molecule has 0 aliphatic rings. The average molecular weight is 290 g/mol. The summed E-state index contributed by atoms with van der Waals surface area (Å²) in [5, 5.41) is 8.95. The van der Waals surface area contributed by atoms with Crippen LogP contribution in [0, 0.1) is 6.92 Å². The van der Waals surface area contributed by atoms with E-state index in [1.165, 1.54) is 5.56 Å². The molecule has 0 unspecified atom stereocenters. The van der Waals surface area contributed by atoms with Crippen LogP contribution >= 0.6 is 11.8 Å². The van der Waals surface area contributed by atoms with Crippen molar-refractivity contribution >= 4 is 17.7 Å². The Kier molecular flexibility index (Phi) is 4.55. The van der Waals surface area contributed by atoms with E-state index in [2.05, 4.69) is 38.1 Å². The molecule has 1 aromatic heterocycles. The van der Waals surface area contributed by atoms with Crippen molar-refractivity contribution in [2.45, 2.75) is 37.3 Å². The summed E-state index contributed by atoms with van der Waals surface area (Å²) < 4.78 is 5.34. The summed E-state index contributed by atoms with van der Waals surface area (Å²) in [4.78, 5) is 12.1. The predicted octanol–water partition coefficient (Wildman–Crippen LogP) is 4.70. The number of aryl methyl sites for hydroxylation is 1. The van der Waals surface area contributed by atoms with Crippen molar-refractivity contribution in [2.75, 3.05) is 0 Å². The molecule has 1 aromatic carbocycles. The first kappa shape index (κ1) is 14.7. The van der Waals surface area contributed by atoms with Crippen LogP contribution in [0.4, 0.5) is 0 Å². The van der Waals surface area contributed by atoms with Crippen molar-refractivity contribution in [3.8, 4) is 0 Å². The Labute approximate surface area is 123 Å². The number of furan rings is 1. The quantitative estimate of drug-likeness (QED) is 0.811. The number of hydrogen-bond donors (Lipinski definition) is 1. The Hall–Kier alpha value is -1.68. The molecule has 1 heterocycles. The van der Waals surface area contributed by atoms with Crippen molar-refractivity contribution in [1.29, 1.82) is 0 Å². The van der Waals surface area contributed by atoms with Gasteiger partial charge in [-0.15, -0.1) is 11.8 Å². The first-order chi connectivity index (χ1) is 9.47. The molecule has 0 saturated carbocycles. The number of carboxylic acids is 1. The lowest BCUT2D eigenvalue weighted by molar-refractivity contribution is 0.0659. The molecule has 4 heteroatoms. The zero-order valence-corrected chi connectivity index (χ0v) is 12.7. The lowest BCUT2D eigenvalue weighted by Crippen LogP contribution is -1.94. The van der Waals surface area contributed by atoms with Crippen LogP contribution in [0.25, 0.3) is 0 Å². The normalized spacial score (nSPS) is 11.0. The second-order valence-corrected chi connectivity index (χ2v) is 6.09. The van der Waals surface area contributed by atoms with Crippen LogP contribution < -0.4 is 0 Å². The van der Waals surface area contributed by atoms with Gasteiger partial charge in [0, 0.05) is 10.5 Å². The van der Waals surface area contributed by atoms with Gasteiger partial charge in [-0.25, -0.2) is 4.79 Å². The number of carboxylic acid groups (broad SMARTS) is 1. The SMILES string of the molecule is Cc1cc(CSc2ccc(C(C)C)cc2)oc1C(=O)O. The molecular weight excluding hydrogens is 272 g/mol. The van der Waals surface area contributed by atoms with Crippen LogP contribution in [0.3, 0.4) is 0 Å². The number of rotatable bonds is 5. The molecule has 0 aliphatic heterocycles. The third-order valence-corrected chi connectivity index (χ3v) is 4.13. The Bertz CT molecular complexity index is 597. The number of carbonyl (C=O) groups is 1. The summed E-state index contributed by atoms with van der Waals surface area (Å²) in [7, 11) is 0. The summed E-state index contributed by atoms with van der Waals surface area (Å²) in [6.45, 7) is 6.08. The van der Waals surface area contributed by atoms with Crippen LogP contribution in [-0.2, 0) is 5.75 Å². The molecular formula is C16H18O3S. The van der Waals surface area contributed by atoms with E-state index < -0.39 is 5.97 Å². The topological polar surface area (TPSA) is 50.4 Å². The fraction of sp³-hybridized carbons (Fsp3) is 0.312. The molecule has 0 atom stereocenters. The molecule has 106 valence electrons. The maximum atomic E-state index is 10.9. The van der Waals surface area contributed by atoms with Gasteiger partial charge in [0.2, 0.25) is 5.76 Å². The number of thioether (sulfide) groups is 1. The lowest BCUT2D eigenvalue weighted by Gasteiger charge is -2.06. The van der Waals surface area contributed by atoms with E-state index in [0.29, 0.717) is 23.0 Å². The zero-order valence-electron chi connectivity index (χ0n) is 11.8. The van der Waals surface area contributed by atoms with E-state index in [0.717, 1.165) is 4.90 Å². The lowest BCUT2D eigenvalue weighted by atomic mass is 10.0. The minimum Gasteiger partial charge on any atom is -0.475 e. The van der Waals surface area contributed by atoms with Crippen molar-refractivity contribution in [1.82, 2.24) is 0 Å². The van der Waals surface area contributed by atoms with Gasteiger partial charge < -0.3 is 9.52 Å². The van der Waals surface area contributed by atoms with E-state index in [1.807, 2.05) is 0 Å². The third-order valence-electron chi connectivity index (χ3n) is 3.09. The fourth-order valence-electron chi connectivity index (χ4n) is 1.93. The summed E-state index contributed by atoms with van der Waals surface area (Å²) in [6, 6.07) is 10.2. The molecule has 0 spiro atoms. The minimum atomic E-state index is -1.01. The van der Waals surface area contributed by atoms with Crippen LogP contribution in [0.15, 0.2) is 39.6 Å². The van der Waals surface area contributed by atoms with Crippen LogP contribution in [0.5, 0.6) is 0 Å². The highest BCUT2D eigenvalue weighted by atomic mass is 32.2. The van der Waals surface area contributed by atoms with Gasteiger partial charge in [-0.1, -0.05) is 26.0 Å². The molecule has 0 fully saturated rings. The van der Waals surface area contributed by atoms with E-state index in [-0.39, 0.29) is 5.76 Å². The Morgan fingerprint density at radius 1 is 1.30 bits per heavy atom. The summed E-state index contributed by atoms with van der Waals surface area (Å²) in [5.41, 5.74) is 1.99. The number of aromatic carboxylic acids is 1.